The second-order valence-corrected chi connectivity index (χ2v) is 6.55. The lowest BCUT2D eigenvalue weighted by Gasteiger charge is -2.32. The molecule has 0 amide bonds. The van der Waals surface area contributed by atoms with Gasteiger partial charge in [-0.05, 0) is 31.7 Å². The lowest BCUT2D eigenvalue weighted by atomic mass is 9.71. The van der Waals surface area contributed by atoms with Crippen LogP contribution in [0.5, 0.6) is 0 Å². The highest BCUT2D eigenvalue weighted by Crippen LogP contribution is 2.39. The van der Waals surface area contributed by atoms with Crippen molar-refractivity contribution in [3.8, 4) is 0 Å². The number of hydrogen-bond donors (Lipinski definition) is 1. The van der Waals surface area contributed by atoms with Crippen LogP contribution in [0.15, 0.2) is 12.3 Å². The van der Waals surface area contributed by atoms with Crippen LogP contribution in [0, 0.1) is 5.41 Å². The Labute approximate surface area is 120 Å². The molecular weight excluding hydrogens is 252 g/mol. The summed E-state index contributed by atoms with van der Waals surface area (Å²) in [5, 5.41) is 14.3. The molecule has 2 aliphatic rings. The normalized spacial score (nSPS) is 23.0. The minimum absolute atomic E-state index is 0.538. The average molecular weight is 276 g/mol. The van der Waals surface area contributed by atoms with Gasteiger partial charge >= 0.3 is 5.97 Å². The smallest absolute Gasteiger partial charge is 0.310 e. The number of rotatable bonds is 4. The van der Waals surface area contributed by atoms with Gasteiger partial charge in [0.05, 0.1) is 17.2 Å². The molecule has 2 fully saturated rings. The summed E-state index contributed by atoms with van der Waals surface area (Å²) in [6.07, 6.45) is 12.5. The molecule has 4 heteroatoms. The molecule has 4 nitrogen and oxygen atoms in total. The lowest BCUT2D eigenvalue weighted by molar-refractivity contribution is -0.151. The highest BCUT2D eigenvalue weighted by atomic mass is 16.4. The Kier molecular flexibility index (Phi) is 3.81. The SMILES string of the molecule is O=C(O)C1(Cc2ccn(C3CCCC3)n2)CCCCC1. The fraction of sp³-hybridized carbons (Fsp3) is 0.750. The molecule has 0 unspecified atom stereocenters. The standard InChI is InChI=1S/C16H24N2O2/c19-15(20)16(9-4-1-5-10-16)12-13-8-11-18(17-13)14-6-2-3-7-14/h8,11,14H,1-7,9-10,12H2,(H,19,20). The zero-order chi connectivity index (χ0) is 14.0. The minimum atomic E-state index is -0.632. The van der Waals surface area contributed by atoms with Gasteiger partial charge in [-0.1, -0.05) is 32.1 Å². The molecule has 0 aliphatic heterocycles. The molecule has 1 aromatic rings. The molecule has 2 saturated carbocycles. The summed E-state index contributed by atoms with van der Waals surface area (Å²) >= 11 is 0. The summed E-state index contributed by atoms with van der Waals surface area (Å²) in [6, 6.07) is 2.56. The summed E-state index contributed by atoms with van der Waals surface area (Å²) < 4.78 is 2.07. The molecule has 0 saturated heterocycles. The molecule has 2 aliphatic carbocycles. The van der Waals surface area contributed by atoms with Crippen molar-refractivity contribution in [1.29, 1.82) is 0 Å². The number of aliphatic carboxylic acids is 1. The van der Waals surface area contributed by atoms with E-state index in [4.69, 9.17) is 0 Å². The van der Waals surface area contributed by atoms with Gasteiger partial charge < -0.3 is 5.11 Å². The van der Waals surface area contributed by atoms with Crippen LogP contribution in [0.2, 0.25) is 0 Å². The van der Waals surface area contributed by atoms with Gasteiger partial charge in [0.15, 0.2) is 0 Å². The van der Waals surface area contributed by atoms with Gasteiger partial charge in [0.1, 0.15) is 0 Å². The fourth-order valence-corrected chi connectivity index (χ4v) is 3.89. The van der Waals surface area contributed by atoms with Gasteiger partial charge in [0.25, 0.3) is 0 Å². The predicted octanol–water partition coefficient (Wildman–Crippen LogP) is 3.58. The Bertz CT molecular complexity index is 469. The van der Waals surface area contributed by atoms with Crippen molar-refractivity contribution in [2.45, 2.75) is 70.3 Å². The molecule has 0 radical (unpaired) electrons. The first kappa shape index (κ1) is 13.7. The summed E-state index contributed by atoms with van der Waals surface area (Å²) in [5.74, 6) is -0.632. The number of carboxylic acid groups (broad SMARTS) is 1. The van der Waals surface area contributed by atoms with Gasteiger partial charge in [-0.15, -0.1) is 0 Å². The average Bonchev–Trinajstić information content (AvgIpc) is 3.10. The van der Waals surface area contributed by atoms with Crippen molar-refractivity contribution >= 4 is 5.97 Å². The third-order valence-corrected chi connectivity index (χ3v) is 5.15. The highest BCUT2D eigenvalue weighted by molar-refractivity contribution is 5.75. The Hall–Kier alpha value is -1.32. The Morgan fingerprint density at radius 1 is 1.25 bits per heavy atom. The van der Waals surface area contributed by atoms with Gasteiger partial charge in [-0.2, -0.15) is 5.10 Å². The highest BCUT2D eigenvalue weighted by Gasteiger charge is 2.40. The fourth-order valence-electron chi connectivity index (χ4n) is 3.89. The van der Waals surface area contributed by atoms with E-state index in [1.807, 2.05) is 12.3 Å². The third-order valence-electron chi connectivity index (χ3n) is 5.15. The maximum absolute atomic E-state index is 11.7. The zero-order valence-corrected chi connectivity index (χ0v) is 12.1. The molecule has 1 heterocycles. The van der Waals surface area contributed by atoms with E-state index in [-0.39, 0.29) is 0 Å². The first-order valence-corrected chi connectivity index (χ1v) is 7.97. The van der Waals surface area contributed by atoms with E-state index in [1.54, 1.807) is 0 Å². The van der Waals surface area contributed by atoms with Crippen LogP contribution in [-0.4, -0.2) is 20.9 Å². The molecule has 20 heavy (non-hydrogen) atoms. The second-order valence-electron chi connectivity index (χ2n) is 6.55. The van der Waals surface area contributed by atoms with Crippen molar-refractivity contribution in [2.24, 2.45) is 5.41 Å². The zero-order valence-electron chi connectivity index (χ0n) is 12.1. The van der Waals surface area contributed by atoms with E-state index in [2.05, 4.69) is 9.78 Å². The lowest BCUT2D eigenvalue weighted by Crippen LogP contribution is -2.35. The van der Waals surface area contributed by atoms with E-state index >= 15 is 0 Å². The maximum Gasteiger partial charge on any atom is 0.310 e. The summed E-state index contributed by atoms with van der Waals surface area (Å²) in [4.78, 5) is 11.7. The first-order valence-electron chi connectivity index (χ1n) is 7.97. The molecule has 1 N–H and O–H groups in total. The maximum atomic E-state index is 11.7. The Morgan fingerprint density at radius 3 is 2.60 bits per heavy atom. The van der Waals surface area contributed by atoms with E-state index in [0.29, 0.717) is 12.5 Å². The van der Waals surface area contributed by atoms with Gasteiger partial charge in [0, 0.05) is 12.6 Å². The molecule has 0 bridgehead atoms. The van der Waals surface area contributed by atoms with Crippen molar-refractivity contribution in [2.75, 3.05) is 0 Å². The number of carboxylic acids is 1. The van der Waals surface area contributed by atoms with Gasteiger partial charge in [-0.3, -0.25) is 9.48 Å². The summed E-state index contributed by atoms with van der Waals surface area (Å²) in [5.41, 5.74) is 0.397. The topological polar surface area (TPSA) is 55.1 Å². The quantitative estimate of drug-likeness (QED) is 0.914. The van der Waals surface area contributed by atoms with Crippen LogP contribution < -0.4 is 0 Å². The van der Waals surface area contributed by atoms with E-state index < -0.39 is 11.4 Å². The number of hydrogen-bond acceptors (Lipinski definition) is 2. The molecule has 110 valence electrons. The Balaban J connectivity index is 1.73. The van der Waals surface area contributed by atoms with Crippen LogP contribution in [0.25, 0.3) is 0 Å². The third kappa shape index (κ3) is 2.60. The molecular formula is C16H24N2O2. The van der Waals surface area contributed by atoms with Crippen LogP contribution in [0.4, 0.5) is 0 Å². The van der Waals surface area contributed by atoms with Crippen molar-refractivity contribution in [3.63, 3.8) is 0 Å². The van der Waals surface area contributed by atoms with Crippen LogP contribution in [-0.2, 0) is 11.2 Å². The van der Waals surface area contributed by atoms with E-state index in [0.717, 1.165) is 31.4 Å². The number of carbonyl (C=O) groups is 1. The van der Waals surface area contributed by atoms with Crippen molar-refractivity contribution in [1.82, 2.24) is 9.78 Å². The molecule has 1 aromatic heterocycles. The second kappa shape index (κ2) is 5.58. The minimum Gasteiger partial charge on any atom is -0.481 e. The van der Waals surface area contributed by atoms with Crippen molar-refractivity contribution in [3.05, 3.63) is 18.0 Å². The largest absolute Gasteiger partial charge is 0.481 e. The summed E-state index contributed by atoms with van der Waals surface area (Å²) in [6.45, 7) is 0. The summed E-state index contributed by atoms with van der Waals surface area (Å²) in [7, 11) is 0. The molecule has 3 rings (SSSR count). The van der Waals surface area contributed by atoms with Crippen LogP contribution in [0.3, 0.4) is 0 Å². The van der Waals surface area contributed by atoms with Gasteiger partial charge in [-0.25, -0.2) is 0 Å². The van der Waals surface area contributed by atoms with E-state index in [1.165, 1.54) is 32.1 Å². The monoisotopic (exact) mass is 276 g/mol. The Morgan fingerprint density at radius 2 is 1.95 bits per heavy atom. The van der Waals surface area contributed by atoms with Gasteiger partial charge in [0.2, 0.25) is 0 Å². The molecule has 0 atom stereocenters. The van der Waals surface area contributed by atoms with Crippen LogP contribution in [0.1, 0.15) is 69.5 Å². The molecule has 0 spiro atoms. The predicted molar refractivity (Wildman–Crippen MR) is 76.6 cm³/mol. The van der Waals surface area contributed by atoms with Crippen molar-refractivity contribution < 1.29 is 9.90 Å². The molecule has 0 aromatic carbocycles. The number of aromatic nitrogens is 2. The van der Waals surface area contributed by atoms with Crippen LogP contribution >= 0.6 is 0 Å². The number of nitrogens with zero attached hydrogens (tertiary/aromatic N) is 2. The van der Waals surface area contributed by atoms with E-state index in [9.17, 15) is 9.90 Å². The first-order chi connectivity index (χ1) is 9.70.